The Labute approximate surface area is 123 Å². The maximum Gasteiger partial charge on any atom is 0.259 e. The minimum atomic E-state index is 0.655. The summed E-state index contributed by atoms with van der Waals surface area (Å²) in [6.45, 7) is 3.13. The van der Waals surface area contributed by atoms with Gasteiger partial charge in [-0.2, -0.15) is 0 Å². The van der Waals surface area contributed by atoms with E-state index in [2.05, 4.69) is 5.32 Å². The second-order valence-electron chi connectivity index (χ2n) is 4.11. The summed E-state index contributed by atoms with van der Waals surface area (Å²) in [6.07, 6.45) is 0. The molecule has 0 bridgehead atoms. The highest BCUT2D eigenvalue weighted by molar-refractivity contribution is 8.23. The van der Waals surface area contributed by atoms with E-state index in [0.717, 1.165) is 41.3 Å². The van der Waals surface area contributed by atoms with Crippen LogP contribution in [-0.2, 0) is 0 Å². The molecule has 1 aromatic rings. The maximum atomic E-state index is 5.87. The van der Waals surface area contributed by atoms with Gasteiger partial charge >= 0.3 is 0 Å². The van der Waals surface area contributed by atoms with Crippen LogP contribution in [0.25, 0.3) is 0 Å². The lowest BCUT2D eigenvalue weighted by Crippen LogP contribution is -2.33. The van der Waals surface area contributed by atoms with E-state index in [-0.39, 0.29) is 0 Å². The second-order valence-corrected chi connectivity index (χ2v) is 5.72. The Hall–Kier alpha value is -1.11. The Morgan fingerprint density at radius 3 is 2.79 bits per heavy atom. The van der Waals surface area contributed by atoms with Crippen LogP contribution >= 0.6 is 24.0 Å². The van der Waals surface area contributed by atoms with Gasteiger partial charge in [-0.15, -0.1) is 0 Å². The zero-order chi connectivity index (χ0) is 13.5. The van der Waals surface area contributed by atoms with E-state index in [1.165, 1.54) is 0 Å². The number of thioether (sulfide) groups is 1. The number of para-hydroxylation sites is 1. The number of hydrogen-bond acceptors (Lipinski definition) is 5. The van der Waals surface area contributed by atoms with Crippen molar-refractivity contribution >= 4 is 34.1 Å². The Kier molecular flexibility index (Phi) is 5.62. The van der Waals surface area contributed by atoms with E-state index >= 15 is 0 Å². The molecule has 0 saturated carbocycles. The SMILES string of the molecule is NC1=[N+](CCNCCOc2ccccc2)C(=S)SC1. The van der Waals surface area contributed by atoms with Crippen molar-refractivity contribution in [1.82, 2.24) is 5.32 Å². The molecule has 2 rings (SSSR count). The molecule has 1 aliphatic rings. The van der Waals surface area contributed by atoms with Crippen molar-refractivity contribution in [3.05, 3.63) is 30.3 Å². The second kappa shape index (κ2) is 7.47. The number of nitrogens with one attached hydrogen (secondary N) is 1. The van der Waals surface area contributed by atoms with Gasteiger partial charge in [-0.3, -0.25) is 5.73 Å². The Morgan fingerprint density at radius 2 is 2.11 bits per heavy atom. The van der Waals surface area contributed by atoms with E-state index < -0.39 is 0 Å². The van der Waals surface area contributed by atoms with E-state index in [1.807, 2.05) is 34.9 Å². The van der Waals surface area contributed by atoms with Gasteiger partial charge in [0, 0.05) is 13.1 Å². The largest absolute Gasteiger partial charge is 0.492 e. The van der Waals surface area contributed by atoms with Gasteiger partial charge in [-0.25, -0.2) is 4.58 Å². The first-order chi connectivity index (χ1) is 9.27. The van der Waals surface area contributed by atoms with Gasteiger partial charge in [-0.1, -0.05) is 30.0 Å². The third-order valence-corrected chi connectivity index (χ3v) is 4.19. The number of amidine groups is 1. The molecule has 0 fully saturated rings. The van der Waals surface area contributed by atoms with Crippen LogP contribution in [0.15, 0.2) is 30.3 Å². The smallest absolute Gasteiger partial charge is 0.259 e. The summed E-state index contributed by atoms with van der Waals surface area (Å²) in [5.74, 6) is 2.58. The topological polar surface area (TPSA) is 50.3 Å². The Balaban J connectivity index is 1.58. The van der Waals surface area contributed by atoms with Gasteiger partial charge in [0.25, 0.3) is 5.84 Å². The molecular weight excluding hydrogens is 278 g/mol. The van der Waals surface area contributed by atoms with E-state index in [4.69, 9.17) is 22.7 Å². The molecule has 102 valence electrons. The summed E-state index contributed by atoms with van der Waals surface area (Å²) in [5, 5.41) is 3.32. The number of thiocarbonyl (C=S) groups is 1. The lowest BCUT2D eigenvalue weighted by Gasteiger charge is -2.07. The lowest BCUT2D eigenvalue weighted by atomic mass is 10.3. The standard InChI is InChI=1S/C13H17N3OS2/c14-12-10-19-13(18)16(12)8-6-15-7-9-17-11-4-2-1-3-5-11/h1-5,14-15H,6-10H2/p+1. The number of nitrogens with zero attached hydrogens (tertiary/aromatic N) is 1. The molecule has 0 aromatic heterocycles. The maximum absolute atomic E-state index is 5.87. The molecule has 0 aliphatic carbocycles. The summed E-state index contributed by atoms with van der Waals surface area (Å²) in [7, 11) is 0. The number of rotatable bonds is 7. The normalized spacial score (nSPS) is 15.1. The first-order valence-electron chi connectivity index (χ1n) is 6.21. The van der Waals surface area contributed by atoms with Gasteiger partial charge in [0.05, 0.1) is 0 Å². The highest BCUT2D eigenvalue weighted by atomic mass is 32.2. The first kappa shape index (κ1) is 14.3. The monoisotopic (exact) mass is 296 g/mol. The van der Waals surface area contributed by atoms with E-state index in [9.17, 15) is 0 Å². The molecule has 3 N–H and O–H groups in total. The quantitative estimate of drug-likeness (QED) is 0.448. The van der Waals surface area contributed by atoms with Gasteiger partial charge in [0.2, 0.25) is 4.32 Å². The highest BCUT2D eigenvalue weighted by Gasteiger charge is 2.22. The van der Waals surface area contributed by atoms with Crippen LogP contribution in [-0.4, -0.2) is 46.7 Å². The molecule has 0 amide bonds. The molecule has 1 aliphatic heterocycles. The van der Waals surface area contributed by atoms with E-state index in [0.29, 0.717) is 6.61 Å². The average molecular weight is 296 g/mol. The van der Waals surface area contributed by atoms with Crippen molar-refractivity contribution in [2.45, 2.75) is 0 Å². The number of hydrogen-bond donors (Lipinski definition) is 2. The molecular formula is C13H18N3OS2+. The van der Waals surface area contributed by atoms with Crippen molar-refractivity contribution in [2.24, 2.45) is 5.73 Å². The van der Waals surface area contributed by atoms with Crippen LogP contribution in [0.1, 0.15) is 0 Å². The minimum Gasteiger partial charge on any atom is -0.492 e. The molecule has 0 unspecified atom stereocenters. The molecule has 1 heterocycles. The molecule has 19 heavy (non-hydrogen) atoms. The zero-order valence-electron chi connectivity index (χ0n) is 10.7. The minimum absolute atomic E-state index is 0.655. The number of ether oxygens (including phenoxy) is 1. The Bertz CT molecular complexity index is 462. The summed E-state index contributed by atoms with van der Waals surface area (Å²) >= 11 is 6.84. The summed E-state index contributed by atoms with van der Waals surface area (Å²) in [6, 6.07) is 9.81. The average Bonchev–Trinajstić information content (AvgIpc) is 2.75. The van der Waals surface area contributed by atoms with Crippen LogP contribution in [0.4, 0.5) is 0 Å². The third-order valence-electron chi connectivity index (χ3n) is 2.71. The number of benzene rings is 1. The zero-order valence-corrected chi connectivity index (χ0v) is 12.3. The summed E-state index contributed by atoms with van der Waals surface area (Å²) in [4.78, 5) is 0. The van der Waals surface area contributed by atoms with Gasteiger partial charge < -0.3 is 10.1 Å². The summed E-state index contributed by atoms with van der Waals surface area (Å²) < 4.78 is 8.45. The van der Waals surface area contributed by atoms with Crippen molar-refractivity contribution in [1.29, 1.82) is 0 Å². The van der Waals surface area contributed by atoms with Crippen LogP contribution in [0.3, 0.4) is 0 Å². The van der Waals surface area contributed by atoms with E-state index in [1.54, 1.807) is 11.8 Å². The lowest BCUT2D eigenvalue weighted by molar-refractivity contribution is -0.395. The van der Waals surface area contributed by atoms with Crippen LogP contribution in [0.2, 0.25) is 0 Å². The van der Waals surface area contributed by atoms with Crippen molar-refractivity contribution < 1.29 is 9.31 Å². The van der Waals surface area contributed by atoms with Gasteiger partial charge in [0.15, 0.2) is 0 Å². The molecule has 0 atom stereocenters. The van der Waals surface area contributed by atoms with Gasteiger partial charge in [0.1, 0.15) is 24.7 Å². The molecule has 0 radical (unpaired) electrons. The van der Waals surface area contributed by atoms with Crippen molar-refractivity contribution in [3.63, 3.8) is 0 Å². The van der Waals surface area contributed by atoms with Crippen LogP contribution in [0.5, 0.6) is 5.75 Å². The molecule has 0 spiro atoms. The van der Waals surface area contributed by atoms with Gasteiger partial charge in [-0.05, 0) is 24.4 Å². The van der Waals surface area contributed by atoms with Crippen molar-refractivity contribution in [3.8, 4) is 5.75 Å². The first-order valence-corrected chi connectivity index (χ1v) is 7.61. The highest BCUT2D eigenvalue weighted by Crippen LogP contribution is 2.11. The predicted molar refractivity (Wildman–Crippen MR) is 84.2 cm³/mol. The molecule has 1 aromatic carbocycles. The fourth-order valence-corrected chi connectivity index (χ4v) is 2.89. The summed E-state index contributed by atoms with van der Waals surface area (Å²) in [5.41, 5.74) is 5.87. The molecule has 4 nitrogen and oxygen atoms in total. The predicted octanol–water partition coefficient (Wildman–Crippen LogP) is 1.06. The fraction of sp³-hybridized carbons (Fsp3) is 0.385. The Morgan fingerprint density at radius 1 is 1.32 bits per heavy atom. The molecule has 0 saturated heterocycles. The van der Waals surface area contributed by atoms with Crippen LogP contribution < -0.4 is 15.8 Å². The van der Waals surface area contributed by atoms with Crippen molar-refractivity contribution in [2.75, 3.05) is 32.0 Å². The molecule has 6 heteroatoms. The third kappa shape index (κ3) is 4.49. The fourth-order valence-electron chi connectivity index (χ4n) is 1.72. The number of nitrogens with two attached hydrogens (primary N) is 1. The van der Waals surface area contributed by atoms with Crippen LogP contribution in [0, 0.1) is 0 Å².